The van der Waals surface area contributed by atoms with Crippen LogP contribution >= 0.6 is 15.9 Å². The first-order valence-electron chi connectivity index (χ1n) is 5.87. The van der Waals surface area contributed by atoms with Gasteiger partial charge in [0, 0.05) is 24.2 Å². The van der Waals surface area contributed by atoms with E-state index in [0.29, 0.717) is 22.4 Å². The van der Waals surface area contributed by atoms with Crippen LogP contribution in [-0.2, 0) is 4.74 Å². The predicted octanol–water partition coefficient (Wildman–Crippen LogP) is 3.06. The number of rotatable bonds is 3. The molecule has 0 amide bonds. The van der Waals surface area contributed by atoms with Crippen molar-refractivity contribution in [2.45, 2.75) is 25.6 Å². The van der Waals surface area contributed by atoms with E-state index < -0.39 is 11.9 Å². The summed E-state index contributed by atoms with van der Waals surface area (Å²) in [5.41, 5.74) is 0.591. The lowest BCUT2D eigenvalue weighted by molar-refractivity contribution is 0.0419. The molecule has 0 radical (unpaired) electrons. The van der Waals surface area contributed by atoms with Crippen molar-refractivity contribution in [1.82, 2.24) is 0 Å². The molecule has 3 nitrogen and oxygen atoms in total. The second kappa shape index (κ2) is 5.55. The zero-order chi connectivity index (χ0) is 13.3. The molecule has 0 bridgehead atoms. The third-order valence-electron chi connectivity index (χ3n) is 3.43. The summed E-state index contributed by atoms with van der Waals surface area (Å²) in [5.74, 6) is -0.0305. The molecule has 1 aromatic carbocycles. The van der Waals surface area contributed by atoms with E-state index in [1.807, 2.05) is 6.92 Å². The van der Waals surface area contributed by atoms with Crippen molar-refractivity contribution in [1.29, 1.82) is 0 Å². The van der Waals surface area contributed by atoms with Crippen molar-refractivity contribution < 1.29 is 19.0 Å². The van der Waals surface area contributed by atoms with Gasteiger partial charge in [-0.2, -0.15) is 0 Å². The van der Waals surface area contributed by atoms with Gasteiger partial charge in [0.15, 0.2) is 0 Å². The van der Waals surface area contributed by atoms with E-state index in [0.717, 1.165) is 6.42 Å². The van der Waals surface area contributed by atoms with Gasteiger partial charge in [0.05, 0.1) is 23.8 Å². The lowest BCUT2D eigenvalue weighted by Crippen LogP contribution is -2.20. The third-order valence-corrected chi connectivity index (χ3v) is 4.04. The molecule has 1 fully saturated rings. The summed E-state index contributed by atoms with van der Waals surface area (Å²) in [7, 11) is 1.47. The van der Waals surface area contributed by atoms with Crippen molar-refractivity contribution in [2.24, 2.45) is 5.92 Å². The topological polar surface area (TPSA) is 38.7 Å². The van der Waals surface area contributed by atoms with E-state index in [1.54, 1.807) is 6.07 Å². The van der Waals surface area contributed by atoms with Gasteiger partial charge >= 0.3 is 0 Å². The lowest BCUT2D eigenvalue weighted by Gasteiger charge is -2.23. The van der Waals surface area contributed by atoms with Crippen molar-refractivity contribution in [2.75, 3.05) is 13.7 Å². The highest BCUT2D eigenvalue weighted by Crippen LogP contribution is 2.39. The van der Waals surface area contributed by atoms with Crippen molar-refractivity contribution in [3.05, 3.63) is 28.0 Å². The molecule has 3 unspecified atom stereocenters. The second-order valence-electron chi connectivity index (χ2n) is 4.48. The van der Waals surface area contributed by atoms with Crippen molar-refractivity contribution in [3.8, 4) is 5.75 Å². The Hall–Kier alpha value is -0.650. The summed E-state index contributed by atoms with van der Waals surface area (Å²) in [6.07, 6.45) is 0.0726. The zero-order valence-corrected chi connectivity index (χ0v) is 11.9. The van der Waals surface area contributed by atoms with Gasteiger partial charge in [-0.25, -0.2) is 4.39 Å². The molecule has 0 aromatic heterocycles. The van der Waals surface area contributed by atoms with E-state index in [2.05, 4.69) is 15.9 Å². The van der Waals surface area contributed by atoms with E-state index >= 15 is 0 Å². The molecule has 1 heterocycles. The SMILES string of the molecule is COc1cc(F)c(Br)cc1C(O)C1CCOC1C. The van der Waals surface area contributed by atoms with Crippen molar-refractivity contribution in [3.63, 3.8) is 0 Å². The molecule has 3 atom stereocenters. The predicted molar refractivity (Wildman–Crippen MR) is 69.1 cm³/mol. The van der Waals surface area contributed by atoms with Gasteiger partial charge in [-0.05, 0) is 35.3 Å². The van der Waals surface area contributed by atoms with Gasteiger partial charge in [-0.3, -0.25) is 0 Å². The van der Waals surface area contributed by atoms with Gasteiger partial charge in [0.2, 0.25) is 0 Å². The number of benzene rings is 1. The molecule has 0 saturated carbocycles. The Labute approximate surface area is 114 Å². The monoisotopic (exact) mass is 318 g/mol. The average Bonchev–Trinajstić information content (AvgIpc) is 2.77. The lowest BCUT2D eigenvalue weighted by atomic mass is 9.90. The number of methoxy groups -OCH3 is 1. The maximum atomic E-state index is 13.4. The van der Waals surface area contributed by atoms with Gasteiger partial charge in [0.1, 0.15) is 11.6 Å². The molecule has 2 rings (SSSR count). The number of hydrogen-bond acceptors (Lipinski definition) is 3. The minimum Gasteiger partial charge on any atom is -0.496 e. The van der Waals surface area contributed by atoms with Crippen molar-refractivity contribution >= 4 is 15.9 Å². The standard InChI is InChI=1S/C13H16BrFO3/c1-7-8(3-4-18-7)13(16)9-5-10(14)11(15)6-12(9)17-2/h5-8,13,16H,3-4H2,1-2H3. The van der Waals surface area contributed by atoms with Gasteiger partial charge < -0.3 is 14.6 Å². The Morgan fingerprint density at radius 2 is 2.28 bits per heavy atom. The normalized spacial score (nSPS) is 25.2. The summed E-state index contributed by atoms with van der Waals surface area (Å²) in [4.78, 5) is 0. The molecule has 1 N–H and O–H groups in total. The number of aliphatic hydroxyl groups is 1. The first-order chi connectivity index (χ1) is 8.54. The Balaban J connectivity index is 2.34. The third kappa shape index (κ3) is 2.53. The fourth-order valence-corrected chi connectivity index (χ4v) is 2.71. The molecular formula is C13H16BrFO3. The fraction of sp³-hybridized carbons (Fsp3) is 0.538. The highest BCUT2D eigenvalue weighted by Gasteiger charge is 2.33. The first kappa shape index (κ1) is 13.8. The first-order valence-corrected chi connectivity index (χ1v) is 6.66. The van der Waals surface area contributed by atoms with Crippen LogP contribution in [-0.4, -0.2) is 24.9 Å². The van der Waals surface area contributed by atoms with Gasteiger partial charge in [-0.15, -0.1) is 0 Å². The molecule has 1 saturated heterocycles. The highest BCUT2D eigenvalue weighted by molar-refractivity contribution is 9.10. The van der Waals surface area contributed by atoms with Crippen LogP contribution in [0.5, 0.6) is 5.75 Å². The second-order valence-corrected chi connectivity index (χ2v) is 5.34. The average molecular weight is 319 g/mol. The number of aliphatic hydroxyl groups excluding tert-OH is 1. The van der Waals surface area contributed by atoms with Crippen LogP contribution < -0.4 is 4.74 Å². The highest BCUT2D eigenvalue weighted by atomic mass is 79.9. The Kier molecular flexibility index (Phi) is 4.25. The van der Waals surface area contributed by atoms with E-state index in [-0.39, 0.29) is 12.0 Å². The van der Waals surface area contributed by atoms with Gasteiger partial charge in [-0.1, -0.05) is 0 Å². The minimum atomic E-state index is -0.714. The van der Waals surface area contributed by atoms with Crippen LogP contribution in [0.15, 0.2) is 16.6 Å². The fourth-order valence-electron chi connectivity index (χ4n) is 2.35. The van der Waals surface area contributed by atoms with E-state index in [1.165, 1.54) is 13.2 Å². The molecule has 18 heavy (non-hydrogen) atoms. The summed E-state index contributed by atoms with van der Waals surface area (Å²) < 4.78 is 24.3. The molecule has 0 aliphatic carbocycles. The molecule has 0 spiro atoms. The minimum absolute atomic E-state index is 0.00599. The Bertz CT molecular complexity index is 438. The maximum Gasteiger partial charge on any atom is 0.141 e. The summed E-state index contributed by atoms with van der Waals surface area (Å²) in [6.45, 7) is 2.58. The molecule has 5 heteroatoms. The molecule has 100 valence electrons. The quantitative estimate of drug-likeness (QED) is 0.931. The molecular weight excluding hydrogens is 303 g/mol. The van der Waals surface area contributed by atoms with Crippen LogP contribution in [0.4, 0.5) is 4.39 Å². The van der Waals surface area contributed by atoms with E-state index in [4.69, 9.17) is 9.47 Å². The van der Waals surface area contributed by atoms with E-state index in [9.17, 15) is 9.50 Å². The van der Waals surface area contributed by atoms with Crippen LogP contribution in [0.25, 0.3) is 0 Å². The Morgan fingerprint density at radius 1 is 1.56 bits per heavy atom. The Morgan fingerprint density at radius 3 is 2.83 bits per heavy atom. The largest absolute Gasteiger partial charge is 0.496 e. The van der Waals surface area contributed by atoms with Gasteiger partial charge in [0.25, 0.3) is 0 Å². The van der Waals surface area contributed by atoms with Crippen LogP contribution in [0.2, 0.25) is 0 Å². The molecule has 1 aromatic rings. The van der Waals surface area contributed by atoms with Crippen LogP contribution in [0.3, 0.4) is 0 Å². The summed E-state index contributed by atoms with van der Waals surface area (Å²) >= 11 is 3.13. The van der Waals surface area contributed by atoms with Crippen LogP contribution in [0.1, 0.15) is 25.0 Å². The van der Waals surface area contributed by atoms with Crippen LogP contribution in [0, 0.1) is 11.7 Å². The summed E-state index contributed by atoms with van der Waals surface area (Å²) in [5, 5.41) is 10.4. The summed E-state index contributed by atoms with van der Waals surface area (Å²) in [6, 6.07) is 2.85. The number of ether oxygens (including phenoxy) is 2. The number of halogens is 2. The smallest absolute Gasteiger partial charge is 0.141 e. The molecule has 1 aliphatic heterocycles. The zero-order valence-electron chi connectivity index (χ0n) is 10.3. The maximum absolute atomic E-state index is 13.4. The number of hydrogen-bond donors (Lipinski definition) is 1. The molecule has 1 aliphatic rings.